The molecule has 0 radical (unpaired) electrons. The third-order valence-corrected chi connectivity index (χ3v) is 7.56. The minimum absolute atomic E-state index is 0.110. The largest absolute Gasteiger partial charge is 0.417 e. The summed E-state index contributed by atoms with van der Waals surface area (Å²) in [5.41, 5.74) is -0.119. The van der Waals surface area contributed by atoms with E-state index in [0.29, 0.717) is 29.7 Å². The van der Waals surface area contributed by atoms with Gasteiger partial charge >= 0.3 is 6.18 Å². The van der Waals surface area contributed by atoms with Crippen molar-refractivity contribution in [2.45, 2.75) is 50.1 Å². The van der Waals surface area contributed by atoms with E-state index in [9.17, 15) is 21.6 Å². The van der Waals surface area contributed by atoms with Crippen LogP contribution >= 0.6 is 0 Å². The Kier molecular flexibility index (Phi) is 6.49. The van der Waals surface area contributed by atoms with Crippen molar-refractivity contribution in [2.75, 3.05) is 24.2 Å². The first-order valence-electron chi connectivity index (χ1n) is 12.0. The second-order valence-electron chi connectivity index (χ2n) is 9.62. The molecule has 1 saturated heterocycles. The highest BCUT2D eigenvalue weighted by Gasteiger charge is 2.45. The van der Waals surface area contributed by atoms with Crippen LogP contribution in [0.1, 0.15) is 25.3 Å². The number of hydrogen-bond donors (Lipinski definition) is 1. The van der Waals surface area contributed by atoms with Crippen LogP contribution in [0, 0.1) is 0 Å². The Bertz CT molecular complexity index is 1420. The molecule has 0 spiro atoms. The number of fused-ring (bicyclic) bond motifs is 1. The van der Waals surface area contributed by atoms with Gasteiger partial charge in [-0.1, -0.05) is 6.08 Å². The third kappa shape index (κ3) is 5.20. The van der Waals surface area contributed by atoms with Crippen LogP contribution < -0.4 is 9.62 Å². The highest BCUT2D eigenvalue weighted by Crippen LogP contribution is 2.37. The summed E-state index contributed by atoms with van der Waals surface area (Å²) in [5, 5.41) is 0. The van der Waals surface area contributed by atoms with Gasteiger partial charge in [-0.15, -0.1) is 6.58 Å². The van der Waals surface area contributed by atoms with Gasteiger partial charge in [-0.05, 0) is 38.0 Å². The van der Waals surface area contributed by atoms with E-state index in [1.54, 1.807) is 18.3 Å². The van der Waals surface area contributed by atoms with Crippen LogP contribution in [0.15, 0.2) is 49.4 Å². The summed E-state index contributed by atoms with van der Waals surface area (Å²) in [6, 6.07) is 4.11. The fourth-order valence-corrected chi connectivity index (χ4v) is 5.63. The summed E-state index contributed by atoms with van der Waals surface area (Å²) >= 11 is 0. The minimum Gasteiger partial charge on any atom is -0.347 e. The molecule has 2 aliphatic rings. The number of piperazine rings is 1. The molecule has 5 rings (SSSR count). The minimum atomic E-state index is -4.50. The number of halogens is 3. The van der Waals surface area contributed by atoms with E-state index in [-0.39, 0.29) is 30.5 Å². The van der Waals surface area contributed by atoms with Crippen molar-refractivity contribution in [1.82, 2.24) is 29.0 Å². The zero-order chi connectivity index (χ0) is 26.5. The summed E-state index contributed by atoms with van der Waals surface area (Å²) < 4.78 is 67.7. The molecule has 0 aromatic carbocycles. The predicted molar refractivity (Wildman–Crippen MR) is 134 cm³/mol. The van der Waals surface area contributed by atoms with Crippen LogP contribution in [-0.4, -0.2) is 76.2 Å². The summed E-state index contributed by atoms with van der Waals surface area (Å²) in [7, 11) is -3.40. The van der Waals surface area contributed by atoms with Gasteiger partial charge in [-0.3, -0.25) is 9.30 Å². The van der Waals surface area contributed by atoms with Gasteiger partial charge in [-0.2, -0.15) is 13.2 Å². The molecule has 13 heteroatoms. The lowest BCUT2D eigenvalue weighted by Gasteiger charge is -2.51. The SMILES string of the molecule is C=C[C@@H]1[C@H](CNS(C)(=O)=O)N(C2CC2)[C@H](C)CN1c1ccnc(-c2cnc3ccc(C(F)(F)F)cn23)n1. The molecular formula is C24H28F3N7O2S. The molecule has 1 N–H and O–H groups in total. The molecule has 3 aromatic rings. The Morgan fingerprint density at radius 3 is 2.62 bits per heavy atom. The molecule has 3 aromatic heterocycles. The van der Waals surface area contributed by atoms with Crippen molar-refractivity contribution in [3.05, 3.63) is 55.0 Å². The van der Waals surface area contributed by atoms with E-state index in [2.05, 4.69) is 38.0 Å². The van der Waals surface area contributed by atoms with Crippen LogP contribution in [0.25, 0.3) is 17.2 Å². The maximum Gasteiger partial charge on any atom is 0.417 e. The van der Waals surface area contributed by atoms with Crippen molar-refractivity contribution in [2.24, 2.45) is 0 Å². The highest BCUT2D eigenvalue weighted by atomic mass is 32.2. The molecule has 2 fully saturated rings. The monoisotopic (exact) mass is 535 g/mol. The van der Waals surface area contributed by atoms with Gasteiger partial charge in [0.25, 0.3) is 0 Å². The van der Waals surface area contributed by atoms with Crippen LogP contribution in [0.2, 0.25) is 0 Å². The number of anilines is 1. The van der Waals surface area contributed by atoms with E-state index in [0.717, 1.165) is 31.4 Å². The van der Waals surface area contributed by atoms with E-state index < -0.39 is 21.8 Å². The molecule has 1 saturated carbocycles. The number of pyridine rings is 1. The van der Waals surface area contributed by atoms with E-state index in [4.69, 9.17) is 4.98 Å². The second kappa shape index (κ2) is 9.37. The summed E-state index contributed by atoms with van der Waals surface area (Å²) in [6.45, 7) is 6.97. The molecule has 4 heterocycles. The molecule has 0 bridgehead atoms. The standard InChI is InChI=1S/C24H28F3N7O2S/c1-4-18-19(12-30-37(3,35)36)34(17-6-7-17)15(2)13-32(18)22-9-10-28-23(31-22)20-11-29-21-8-5-16(14-33(20)21)24(25,26)27/h4-5,8-11,14-15,17-19,30H,1,6-7,12-13H2,2-3H3/t15-,18-,19+/m1/s1. The maximum absolute atomic E-state index is 13.3. The zero-order valence-electron chi connectivity index (χ0n) is 20.4. The zero-order valence-corrected chi connectivity index (χ0v) is 21.2. The third-order valence-electron chi connectivity index (χ3n) is 6.87. The van der Waals surface area contributed by atoms with Crippen molar-refractivity contribution < 1.29 is 21.6 Å². The summed E-state index contributed by atoms with van der Waals surface area (Å²) in [4.78, 5) is 17.7. The van der Waals surface area contributed by atoms with Gasteiger partial charge in [0, 0.05) is 43.6 Å². The van der Waals surface area contributed by atoms with Gasteiger partial charge in [0.2, 0.25) is 10.0 Å². The number of imidazole rings is 1. The molecule has 1 aliphatic carbocycles. The molecule has 198 valence electrons. The van der Waals surface area contributed by atoms with Gasteiger partial charge < -0.3 is 4.90 Å². The number of aromatic nitrogens is 4. The first kappa shape index (κ1) is 25.6. The topological polar surface area (TPSA) is 95.7 Å². The summed E-state index contributed by atoms with van der Waals surface area (Å²) in [6.07, 6.45) is 4.56. The lowest BCUT2D eigenvalue weighted by Crippen LogP contribution is -2.66. The lowest BCUT2D eigenvalue weighted by atomic mass is 9.97. The Morgan fingerprint density at radius 2 is 1.97 bits per heavy atom. The van der Waals surface area contributed by atoms with Gasteiger partial charge in [0.1, 0.15) is 17.2 Å². The first-order chi connectivity index (χ1) is 17.5. The quantitative estimate of drug-likeness (QED) is 0.465. The van der Waals surface area contributed by atoms with Crippen molar-refractivity contribution in [1.29, 1.82) is 0 Å². The smallest absolute Gasteiger partial charge is 0.347 e. The number of sulfonamides is 1. The van der Waals surface area contributed by atoms with Crippen molar-refractivity contribution in [3.63, 3.8) is 0 Å². The fraction of sp³-hybridized carbons (Fsp3) is 0.458. The van der Waals surface area contributed by atoms with Crippen LogP contribution in [0.4, 0.5) is 19.0 Å². The number of rotatable bonds is 7. The molecule has 37 heavy (non-hydrogen) atoms. The van der Waals surface area contributed by atoms with E-state index >= 15 is 0 Å². The van der Waals surface area contributed by atoms with Crippen molar-refractivity contribution >= 4 is 21.5 Å². The van der Waals surface area contributed by atoms with Crippen LogP contribution in [-0.2, 0) is 16.2 Å². The molecule has 0 amide bonds. The summed E-state index contributed by atoms with van der Waals surface area (Å²) in [5.74, 6) is 0.804. The fourth-order valence-electron chi connectivity index (χ4n) is 5.15. The molecule has 9 nitrogen and oxygen atoms in total. The lowest BCUT2D eigenvalue weighted by molar-refractivity contribution is -0.137. The predicted octanol–water partition coefficient (Wildman–Crippen LogP) is 2.96. The van der Waals surface area contributed by atoms with Crippen LogP contribution in [0.3, 0.4) is 0 Å². The Balaban J connectivity index is 1.51. The average molecular weight is 536 g/mol. The molecule has 3 atom stereocenters. The van der Waals surface area contributed by atoms with Gasteiger partial charge in [-0.25, -0.2) is 28.1 Å². The van der Waals surface area contributed by atoms with Crippen molar-refractivity contribution in [3.8, 4) is 11.5 Å². The average Bonchev–Trinajstić information content (AvgIpc) is 3.58. The Morgan fingerprint density at radius 1 is 1.22 bits per heavy atom. The molecule has 1 aliphatic heterocycles. The molecular weight excluding hydrogens is 507 g/mol. The van der Waals surface area contributed by atoms with Crippen LogP contribution in [0.5, 0.6) is 0 Å². The van der Waals surface area contributed by atoms with E-state index in [1.807, 2.05) is 0 Å². The second-order valence-corrected chi connectivity index (χ2v) is 11.5. The molecule has 0 unspecified atom stereocenters. The number of nitrogens with one attached hydrogen (secondary N) is 1. The maximum atomic E-state index is 13.3. The van der Waals surface area contributed by atoms with Gasteiger partial charge in [0.05, 0.1) is 24.1 Å². The number of hydrogen-bond acceptors (Lipinski definition) is 7. The Labute approximate surface area is 213 Å². The number of nitrogens with zero attached hydrogens (tertiary/aromatic N) is 6. The normalized spacial score (nSPS) is 23.5. The first-order valence-corrected chi connectivity index (χ1v) is 13.8. The Hall–Kier alpha value is -3.03. The van der Waals surface area contributed by atoms with E-state index in [1.165, 1.54) is 16.7 Å². The van der Waals surface area contributed by atoms with Gasteiger partial charge in [0.15, 0.2) is 5.82 Å². The highest BCUT2D eigenvalue weighted by molar-refractivity contribution is 7.88. The number of alkyl halides is 3.